The Balaban J connectivity index is 1.79. The SMILES string of the molecule is c1ccc(OCC2OCCO2)cc1. The summed E-state index contributed by atoms with van der Waals surface area (Å²) in [5.41, 5.74) is 0. The molecule has 0 aliphatic carbocycles. The summed E-state index contributed by atoms with van der Waals surface area (Å²) in [6.45, 7) is 1.80. The van der Waals surface area contributed by atoms with Crippen molar-refractivity contribution in [1.82, 2.24) is 0 Å². The molecule has 0 bridgehead atoms. The third-order valence-electron chi connectivity index (χ3n) is 1.82. The van der Waals surface area contributed by atoms with Crippen molar-refractivity contribution in [3.63, 3.8) is 0 Å². The van der Waals surface area contributed by atoms with E-state index >= 15 is 0 Å². The molecular formula is C10H12O3. The standard InChI is InChI=1S/C10H12O3/c1-2-4-9(5-3-1)13-8-10-11-6-7-12-10/h1-5,10H,6-8H2. The topological polar surface area (TPSA) is 27.7 Å². The van der Waals surface area contributed by atoms with Crippen molar-refractivity contribution in [2.45, 2.75) is 6.29 Å². The van der Waals surface area contributed by atoms with Gasteiger partial charge in [-0.1, -0.05) is 18.2 Å². The normalized spacial score (nSPS) is 17.5. The number of benzene rings is 1. The highest BCUT2D eigenvalue weighted by Crippen LogP contribution is 2.11. The van der Waals surface area contributed by atoms with Crippen molar-refractivity contribution in [3.05, 3.63) is 30.3 Å². The molecule has 1 aromatic rings. The zero-order chi connectivity index (χ0) is 8.93. The highest BCUT2D eigenvalue weighted by molar-refractivity contribution is 5.20. The smallest absolute Gasteiger partial charge is 0.191 e. The molecule has 13 heavy (non-hydrogen) atoms. The molecule has 1 aliphatic heterocycles. The molecule has 0 aromatic heterocycles. The summed E-state index contributed by atoms with van der Waals surface area (Å²) in [5.74, 6) is 0.849. The van der Waals surface area contributed by atoms with E-state index in [0.717, 1.165) is 5.75 Å². The van der Waals surface area contributed by atoms with Crippen LogP contribution < -0.4 is 4.74 Å². The lowest BCUT2D eigenvalue weighted by atomic mass is 10.3. The minimum Gasteiger partial charge on any atom is -0.488 e. The summed E-state index contributed by atoms with van der Waals surface area (Å²) < 4.78 is 15.9. The Labute approximate surface area is 77.2 Å². The maximum Gasteiger partial charge on any atom is 0.191 e. The van der Waals surface area contributed by atoms with E-state index in [1.807, 2.05) is 30.3 Å². The van der Waals surface area contributed by atoms with E-state index in [0.29, 0.717) is 19.8 Å². The highest BCUT2D eigenvalue weighted by Gasteiger charge is 2.15. The van der Waals surface area contributed by atoms with Crippen LogP contribution in [0.15, 0.2) is 30.3 Å². The molecule has 0 N–H and O–H groups in total. The highest BCUT2D eigenvalue weighted by atomic mass is 16.7. The van der Waals surface area contributed by atoms with Gasteiger partial charge in [-0.05, 0) is 12.1 Å². The minimum atomic E-state index is -0.194. The first-order valence-electron chi connectivity index (χ1n) is 4.36. The second-order valence-electron chi connectivity index (χ2n) is 2.80. The number of hydrogen-bond donors (Lipinski definition) is 0. The second-order valence-corrected chi connectivity index (χ2v) is 2.80. The maximum absolute atomic E-state index is 5.44. The molecule has 0 saturated carbocycles. The first-order chi connectivity index (χ1) is 6.45. The van der Waals surface area contributed by atoms with Crippen molar-refractivity contribution >= 4 is 0 Å². The van der Waals surface area contributed by atoms with Crippen LogP contribution in [0.4, 0.5) is 0 Å². The van der Waals surface area contributed by atoms with E-state index in [4.69, 9.17) is 14.2 Å². The summed E-state index contributed by atoms with van der Waals surface area (Å²) in [7, 11) is 0. The second kappa shape index (κ2) is 4.25. The molecule has 1 saturated heterocycles. The van der Waals surface area contributed by atoms with Gasteiger partial charge in [-0.2, -0.15) is 0 Å². The Morgan fingerprint density at radius 3 is 2.54 bits per heavy atom. The summed E-state index contributed by atoms with van der Waals surface area (Å²) in [6.07, 6.45) is -0.194. The molecule has 0 atom stereocenters. The fourth-order valence-corrected chi connectivity index (χ4v) is 1.18. The molecule has 0 radical (unpaired) electrons. The van der Waals surface area contributed by atoms with Gasteiger partial charge in [-0.25, -0.2) is 0 Å². The number of hydrogen-bond acceptors (Lipinski definition) is 3. The van der Waals surface area contributed by atoms with Gasteiger partial charge in [0.15, 0.2) is 6.29 Å². The lowest BCUT2D eigenvalue weighted by Crippen LogP contribution is -2.18. The van der Waals surface area contributed by atoms with Crippen LogP contribution in [0.25, 0.3) is 0 Å². The van der Waals surface area contributed by atoms with Gasteiger partial charge in [0.05, 0.1) is 13.2 Å². The molecule has 0 amide bonds. The van der Waals surface area contributed by atoms with E-state index in [1.165, 1.54) is 0 Å². The average Bonchev–Trinajstić information content (AvgIpc) is 2.69. The predicted octanol–water partition coefficient (Wildman–Crippen LogP) is 1.44. The molecule has 1 aliphatic rings. The van der Waals surface area contributed by atoms with Crippen LogP contribution in [-0.4, -0.2) is 26.1 Å². The van der Waals surface area contributed by atoms with Crippen LogP contribution in [0, 0.1) is 0 Å². The quantitative estimate of drug-likeness (QED) is 0.704. The molecule has 1 fully saturated rings. The van der Waals surface area contributed by atoms with Crippen molar-refractivity contribution in [2.75, 3.05) is 19.8 Å². The van der Waals surface area contributed by atoms with Crippen molar-refractivity contribution in [2.24, 2.45) is 0 Å². The number of ether oxygens (including phenoxy) is 3. The Morgan fingerprint density at radius 1 is 1.15 bits per heavy atom. The molecule has 3 nitrogen and oxygen atoms in total. The zero-order valence-electron chi connectivity index (χ0n) is 7.31. The first kappa shape index (κ1) is 8.53. The van der Waals surface area contributed by atoms with Crippen LogP contribution in [0.5, 0.6) is 5.75 Å². The van der Waals surface area contributed by atoms with E-state index in [9.17, 15) is 0 Å². The van der Waals surface area contributed by atoms with Crippen molar-refractivity contribution in [3.8, 4) is 5.75 Å². The third-order valence-corrected chi connectivity index (χ3v) is 1.82. The lowest BCUT2D eigenvalue weighted by Gasteiger charge is -2.10. The summed E-state index contributed by atoms with van der Waals surface area (Å²) in [6, 6.07) is 9.65. The number of rotatable bonds is 3. The summed E-state index contributed by atoms with van der Waals surface area (Å²) >= 11 is 0. The Hall–Kier alpha value is -1.06. The van der Waals surface area contributed by atoms with Crippen LogP contribution in [0.2, 0.25) is 0 Å². The Kier molecular flexibility index (Phi) is 2.79. The molecular weight excluding hydrogens is 168 g/mol. The monoisotopic (exact) mass is 180 g/mol. The zero-order valence-corrected chi connectivity index (χ0v) is 7.31. The van der Waals surface area contributed by atoms with Crippen LogP contribution >= 0.6 is 0 Å². The fourth-order valence-electron chi connectivity index (χ4n) is 1.18. The molecule has 0 unspecified atom stereocenters. The van der Waals surface area contributed by atoms with Gasteiger partial charge in [0.25, 0.3) is 0 Å². The summed E-state index contributed by atoms with van der Waals surface area (Å²) in [5, 5.41) is 0. The van der Waals surface area contributed by atoms with Gasteiger partial charge in [0.1, 0.15) is 12.4 Å². The Bertz CT molecular complexity index is 242. The fraction of sp³-hybridized carbons (Fsp3) is 0.400. The summed E-state index contributed by atoms with van der Waals surface area (Å²) in [4.78, 5) is 0. The van der Waals surface area contributed by atoms with Crippen LogP contribution in [-0.2, 0) is 9.47 Å². The van der Waals surface area contributed by atoms with Gasteiger partial charge in [-0.15, -0.1) is 0 Å². The van der Waals surface area contributed by atoms with Crippen LogP contribution in [0.3, 0.4) is 0 Å². The van der Waals surface area contributed by atoms with Gasteiger partial charge in [0, 0.05) is 0 Å². The van der Waals surface area contributed by atoms with E-state index in [2.05, 4.69) is 0 Å². The van der Waals surface area contributed by atoms with Gasteiger partial charge in [-0.3, -0.25) is 0 Å². The minimum absolute atomic E-state index is 0.194. The van der Waals surface area contributed by atoms with Gasteiger partial charge < -0.3 is 14.2 Å². The van der Waals surface area contributed by atoms with Gasteiger partial charge in [0.2, 0.25) is 0 Å². The predicted molar refractivity (Wildman–Crippen MR) is 47.6 cm³/mol. The maximum atomic E-state index is 5.44. The Morgan fingerprint density at radius 2 is 1.85 bits per heavy atom. The number of para-hydroxylation sites is 1. The van der Waals surface area contributed by atoms with E-state index < -0.39 is 0 Å². The molecule has 70 valence electrons. The largest absolute Gasteiger partial charge is 0.488 e. The first-order valence-corrected chi connectivity index (χ1v) is 4.36. The van der Waals surface area contributed by atoms with Crippen LogP contribution in [0.1, 0.15) is 0 Å². The molecule has 1 aromatic carbocycles. The van der Waals surface area contributed by atoms with Gasteiger partial charge >= 0.3 is 0 Å². The van der Waals surface area contributed by atoms with Crippen molar-refractivity contribution < 1.29 is 14.2 Å². The van der Waals surface area contributed by atoms with E-state index in [-0.39, 0.29) is 6.29 Å². The third kappa shape index (κ3) is 2.44. The molecule has 0 spiro atoms. The van der Waals surface area contributed by atoms with Crippen molar-refractivity contribution in [1.29, 1.82) is 0 Å². The van der Waals surface area contributed by atoms with E-state index in [1.54, 1.807) is 0 Å². The molecule has 2 rings (SSSR count). The molecule has 1 heterocycles. The molecule has 3 heteroatoms. The lowest BCUT2D eigenvalue weighted by molar-refractivity contribution is -0.0684. The average molecular weight is 180 g/mol.